The van der Waals surface area contributed by atoms with Crippen LogP contribution in [0.4, 0.5) is 0 Å². The minimum atomic E-state index is 0.0679. The van der Waals surface area contributed by atoms with E-state index in [0.29, 0.717) is 11.0 Å². The highest BCUT2D eigenvalue weighted by molar-refractivity contribution is 6.35. The number of aromatic nitrogens is 2. The molecule has 0 amide bonds. The van der Waals surface area contributed by atoms with Crippen molar-refractivity contribution in [2.24, 2.45) is 0 Å². The second-order valence-corrected chi connectivity index (χ2v) is 5.94. The molecule has 0 atom stereocenters. The van der Waals surface area contributed by atoms with Gasteiger partial charge < -0.3 is 0 Å². The van der Waals surface area contributed by atoms with Crippen LogP contribution in [0, 0.1) is 29.6 Å². The van der Waals surface area contributed by atoms with Gasteiger partial charge in [0.1, 0.15) is 20.0 Å². The first kappa shape index (κ1) is 14.2. The van der Waals surface area contributed by atoms with Crippen LogP contribution in [0.1, 0.15) is 17.0 Å². The van der Waals surface area contributed by atoms with Gasteiger partial charge in [0, 0.05) is 10.8 Å². The fourth-order valence-corrected chi connectivity index (χ4v) is 3.14. The van der Waals surface area contributed by atoms with Gasteiger partial charge in [-0.15, -0.1) is 0 Å². The van der Waals surface area contributed by atoms with E-state index in [4.69, 9.17) is 0 Å². The van der Waals surface area contributed by atoms with E-state index >= 15 is 0 Å². The average Bonchev–Trinajstić information content (AvgIpc) is 2.60. The molecule has 0 fully saturated rings. The molecule has 1 aromatic heterocycles. The minimum Gasteiger partial charge on any atom is -0.232 e. The summed E-state index contributed by atoms with van der Waals surface area (Å²) in [6.45, 7) is 2.05. The first-order valence-corrected chi connectivity index (χ1v) is 7.57. The lowest BCUT2D eigenvalue weighted by molar-refractivity contribution is 1.21. The lowest BCUT2D eigenvalue weighted by Crippen LogP contribution is -2.02. The molecule has 0 aliphatic carbocycles. The molecule has 4 rings (SSSR count). The largest absolute Gasteiger partial charge is 0.232 e. The molecule has 0 N–H and O–H groups in total. The molecule has 0 unspecified atom stereocenters. The Kier molecular flexibility index (Phi) is 2.98. The molecule has 4 aromatic rings. The lowest BCUT2D eigenvalue weighted by Gasteiger charge is -2.11. The summed E-state index contributed by atoms with van der Waals surface area (Å²) in [6, 6.07) is 16.3. The van der Waals surface area contributed by atoms with Crippen LogP contribution in [-0.4, -0.2) is 17.8 Å². The summed E-state index contributed by atoms with van der Waals surface area (Å²) >= 11 is 0. The van der Waals surface area contributed by atoms with Gasteiger partial charge in [0.2, 0.25) is 0 Å². The van der Waals surface area contributed by atoms with Crippen molar-refractivity contribution >= 4 is 45.9 Å². The van der Waals surface area contributed by atoms with E-state index in [1.54, 1.807) is 0 Å². The van der Waals surface area contributed by atoms with Crippen molar-refractivity contribution in [3.05, 3.63) is 53.3 Å². The standard InChI is InChI=1S/C19H11BN4/c1-10-2-4-12-14(6-10)15-7-11(20)3-5-13(15)19-18(12)23-16(8-21)17(9-22)24-19/h2-7H,20H2,1H3. The van der Waals surface area contributed by atoms with Crippen LogP contribution in [0.25, 0.3) is 32.6 Å². The summed E-state index contributed by atoms with van der Waals surface area (Å²) in [5, 5.41) is 22.6. The maximum Gasteiger partial charge on any atom is 0.177 e. The molecule has 5 heteroatoms. The third kappa shape index (κ3) is 1.92. The van der Waals surface area contributed by atoms with E-state index in [9.17, 15) is 10.5 Å². The maximum absolute atomic E-state index is 9.27. The minimum absolute atomic E-state index is 0.0679. The van der Waals surface area contributed by atoms with E-state index in [1.165, 1.54) is 0 Å². The Hall–Kier alpha value is -3.44. The number of fused-ring (bicyclic) bond motifs is 6. The summed E-state index contributed by atoms with van der Waals surface area (Å²) in [5.41, 5.74) is 3.78. The highest BCUT2D eigenvalue weighted by Crippen LogP contribution is 2.33. The fraction of sp³-hybridized carbons (Fsp3) is 0.0526. The second-order valence-electron chi connectivity index (χ2n) is 5.94. The molecule has 0 spiro atoms. The van der Waals surface area contributed by atoms with Gasteiger partial charge in [0.25, 0.3) is 0 Å². The first-order chi connectivity index (χ1) is 11.6. The van der Waals surface area contributed by atoms with E-state index in [2.05, 4.69) is 36.9 Å². The number of benzene rings is 3. The second kappa shape index (κ2) is 5.04. The average molecular weight is 306 g/mol. The van der Waals surface area contributed by atoms with Crippen molar-refractivity contribution in [3.63, 3.8) is 0 Å². The normalized spacial score (nSPS) is 10.8. The Labute approximate surface area is 139 Å². The number of hydrogen-bond acceptors (Lipinski definition) is 4. The van der Waals surface area contributed by atoms with E-state index < -0.39 is 0 Å². The maximum atomic E-state index is 9.27. The van der Waals surface area contributed by atoms with Crippen LogP contribution in [0.15, 0.2) is 36.4 Å². The highest BCUT2D eigenvalue weighted by atomic mass is 14.8. The van der Waals surface area contributed by atoms with Gasteiger partial charge in [0.05, 0.1) is 11.0 Å². The zero-order valence-corrected chi connectivity index (χ0v) is 13.3. The molecule has 4 nitrogen and oxygen atoms in total. The van der Waals surface area contributed by atoms with Gasteiger partial charge in [-0.2, -0.15) is 10.5 Å². The van der Waals surface area contributed by atoms with Gasteiger partial charge in [-0.3, -0.25) is 0 Å². The van der Waals surface area contributed by atoms with Crippen LogP contribution in [0.5, 0.6) is 0 Å². The smallest absolute Gasteiger partial charge is 0.177 e. The van der Waals surface area contributed by atoms with E-state index in [1.807, 2.05) is 36.4 Å². The van der Waals surface area contributed by atoms with Gasteiger partial charge in [-0.25, -0.2) is 9.97 Å². The van der Waals surface area contributed by atoms with Crippen LogP contribution >= 0.6 is 0 Å². The van der Waals surface area contributed by atoms with Crippen LogP contribution in [0.3, 0.4) is 0 Å². The Morgan fingerprint density at radius 2 is 1.33 bits per heavy atom. The summed E-state index contributed by atoms with van der Waals surface area (Å²) in [5.74, 6) is 0. The molecule has 0 aliphatic heterocycles. The number of nitriles is 2. The van der Waals surface area contributed by atoms with Crippen molar-refractivity contribution in [1.82, 2.24) is 9.97 Å². The summed E-state index contributed by atoms with van der Waals surface area (Å²) < 4.78 is 0. The van der Waals surface area contributed by atoms with Crippen molar-refractivity contribution in [1.29, 1.82) is 10.5 Å². The molecule has 0 saturated carbocycles. The predicted molar refractivity (Wildman–Crippen MR) is 96.9 cm³/mol. The van der Waals surface area contributed by atoms with Gasteiger partial charge in [-0.05, 0) is 17.7 Å². The first-order valence-electron chi connectivity index (χ1n) is 7.57. The Balaban J connectivity index is 2.37. The summed E-state index contributed by atoms with van der Waals surface area (Å²) in [4.78, 5) is 8.90. The van der Waals surface area contributed by atoms with Crippen molar-refractivity contribution in [3.8, 4) is 12.1 Å². The molecule has 24 heavy (non-hydrogen) atoms. The molecule has 3 aromatic carbocycles. The van der Waals surface area contributed by atoms with Crippen LogP contribution in [0.2, 0.25) is 0 Å². The lowest BCUT2D eigenvalue weighted by atomic mass is 9.90. The van der Waals surface area contributed by atoms with Gasteiger partial charge in [-0.1, -0.05) is 47.4 Å². The molecule has 1 heterocycles. The highest BCUT2D eigenvalue weighted by Gasteiger charge is 2.15. The topological polar surface area (TPSA) is 73.4 Å². The summed E-state index contributed by atoms with van der Waals surface area (Å²) in [7, 11) is 2.05. The predicted octanol–water partition coefficient (Wildman–Crippen LogP) is 2.25. The number of hydrogen-bond donors (Lipinski definition) is 0. The molecule has 0 radical (unpaired) electrons. The van der Waals surface area contributed by atoms with E-state index in [-0.39, 0.29) is 11.4 Å². The van der Waals surface area contributed by atoms with Gasteiger partial charge >= 0.3 is 0 Å². The number of rotatable bonds is 0. The zero-order chi connectivity index (χ0) is 16.8. The molecular weight excluding hydrogens is 295 g/mol. The molecule has 0 bridgehead atoms. The zero-order valence-electron chi connectivity index (χ0n) is 13.3. The third-order valence-electron chi connectivity index (χ3n) is 4.26. The third-order valence-corrected chi connectivity index (χ3v) is 4.26. The van der Waals surface area contributed by atoms with Crippen molar-refractivity contribution in [2.45, 2.75) is 6.92 Å². The van der Waals surface area contributed by atoms with Crippen LogP contribution in [-0.2, 0) is 0 Å². The molecular formula is C19H11BN4. The number of aryl methyl sites for hydroxylation is 1. The SMILES string of the molecule is Bc1ccc2c(c1)c1cc(C)ccc1c1nc(C#N)c(C#N)nc21. The molecule has 0 saturated heterocycles. The van der Waals surface area contributed by atoms with E-state index in [0.717, 1.165) is 32.6 Å². The Bertz CT molecular complexity index is 1150. The molecule has 110 valence electrons. The van der Waals surface area contributed by atoms with Gasteiger partial charge in [0.15, 0.2) is 11.4 Å². The monoisotopic (exact) mass is 306 g/mol. The summed E-state index contributed by atoms with van der Waals surface area (Å²) in [6.07, 6.45) is 0. The van der Waals surface area contributed by atoms with Crippen molar-refractivity contribution < 1.29 is 0 Å². The Morgan fingerprint density at radius 1 is 0.792 bits per heavy atom. The molecule has 0 aliphatic rings. The quantitative estimate of drug-likeness (QED) is 0.369. The Morgan fingerprint density at radius 3 is 1.92 bits per heavy atom. The van der Waals surface area contributed by atoms with Crippen LogP contribution < -0.4 is 5.46 Å². The fourth-order valence-electron chi connectivity index (χ4n) is 3.14. The van der Waals surface area contributed by atoms with Crippen molar-refractivity contribution in [2.75, 3.05) is 0 Å². The number of nitrogens with zero attached hydrogens (tertiary/aromatic N) is 4.